The minimum absolute atomic E-state index is 0.0544. The molecule has 0 aliphatic rings. The van der Waals surface area contributed by atoms with E-state index in [1.807, 2.05) is 0 Å². The average Bonchev–Trinajstić information content (AvgIpc) is 2.35. The lowest BCUT2D eigenvalue weighted by Gasteiger charge is -2.00. The van der Waals surface area contributed by atoms with Crippen LogP contribution < -0.4 is 0 Å². The van der Waals surface area contributed by atoms with Crippen molar-refractivity contribution >= 4 is 5.78 Å². The monoisotopic (exact) mass is 234 g/mol. The van der Waals surface area contributed by atoms with Gasteiger partial charge in [-0.1, -0.05) is 6.07 Å². The second-order valence-corrected chi connectivity index (χ2v) is 3.42. The molecule has 0 N–H and O–H groups in total. The van der Waals surface area contributed by atoms with Crippen molar-refractivity contribution in [2.24, 2.45) is 0 Å². The number of Topliss-reactive ketones (excluding diaryl/α,β-unsaturated/α-hetero) is 1. The van der Waals surface area contributed by atoms with Crippen LogP contribution in [0.3, 0.4) is 0 Å². The molecule has 0 bridgehead atoms. The Bertz CT molecular complexity index is 543. The van der Waals surface area contributed by atoms with Crippen molar-refractivity contribution < 1.29 is 13.6 Å². The normalized spacial score (nSPS) is 10.2. The molecule has 0 atom stereocenters. The number of ketones is 1. The molecule has 3 nitrogen and oxygen atoms in total. The number of benzene rings is 1. The summed E-state index contributed by atoms with van der Waals surface area (Å²) in [6.07, 6.45) is 2.85. The molecule has 1 heterocycles. The summed E-state index contributed by atoms with van der Waals surface area (Å²) in [5.74, 6) is -2.17. The van der Waals surface area contributed by atoms with Gasteiger partial charge in [-0.3, -0.25) is 4.79 Å². The molecular weight excluding hydrogens is 226 g/mol. The molecule has 0 radical (unpaired) electrons. The van der Waals surface area contributed by atoms with E-state index in [1.165, 1.54) is 18.5 Å². The van der Waals surface area contributed by atoms with Gasteiger partial charge in [-0.05, 0) is 23.8 Å². The molecule has 2 rings (SSSR count). The highest BCUT2D eigenvalue weighted by Crippen LogP contribution is 2.10. The van der Waals surface area contributed by atoms with E-state index in [9.17, 15) is 13.6 Å². The first-order valence-electron chi connectivity index (χ1n) is 4.91. The summed E-state index contributed by atoms with van der Waals surface area (Å²) in [6.45, 7) is 0. The lowest BCUT2D eigenvalue weighted by atomic mass is 10.1. The van der Waals surface area contributed by atoms with Crippen LogP contribution >= 0.6 is 0 Å². The van der Waals surface area contributed by atoms with Crippen molar-refractivity contribution in [1.82, 2.24) is 9.97 Å². The Labute approximate surface area is 96.2 Å². The van der Waals surface area contributed by atoms with Crippen molar-refractivity contribution in [1.29, 1.82) is 0 Å². The molecule has 0 amide bonds. The minimum Gasteiger partial charge on any atom is -0.290 e. The van der Waals surface area contributed by atoms with Crippen molar-refractivity contribution in [3.63, 3.8) is 0 Å². The molecule has 0 fully saturated rings. The highest BCUT2D eigenvalue weighted by molar-refractivity contribution is 5.93. The van der Waals surface area contributed by atoms with Crippen molar-refractivity contribution in [3.05, 3.63) is 59.7 Å². The predicted octanol–water partition coefficient (Wildman–Crippen LogP) is 2.18. The molecule has 2 aromatic rings. The number of carbonyl (C=O) groups is 1. The summed E-state index contributed by atoms with van der Waals surface area (Å²) >= 11 is 0. The van der Waals surface area contributed by atoms with Gasteiger partial charge in [-0.2, -0.15) is 0 Å². The third-order valence-electron chi connectivity index (χ3n) is 2.16. The van der Waals surface area contributed by atoms with E-state index < -0.39 is 11.6 Å². The molecule has 0 aliphatic carbocycles. The molecule has 0 saturated heterocycles. The van der Waals surface area contributed by atoms with E-state index in [1.54, 1.807) is 6.07 Å². The Kier molecular flexibility index (Phi) is 3.18. The number of hydrogen-bond acceptors (Lipinski definition) is 3. The van der Waals surface area contributed by atoms with Gasteiger partial charge in [0, 0.05) is 18.8 Å². The lowest BCUT2D eigenvalue weighted by molar-refractivity contribution is 0.0983. The summed E-state index contributed by atoms with van der Waals surface area (Å²) in [4.78, 5) is 19.2. The van der Waals surface area contributed by atoms with Crippen LogP contribution in [0.2, 0.25) is 0 Å². The Morgan fingerprint density at radius 1 is 1.12 bits per heavy atom. The molecule has 17 heavy (non-hydrogen) atoms. The van der Waals surface area contributed by atoms with Crippen LogP contribution in [0.1, 0.15) is 16.2 Å². The molecule has 5 heteroatoms. The fourth-order valence-corrected chi connectivity index (χ4v) is 1.36. The molecule has 0 saturated carbocycles. The molecule has 1 aromatic carbocycles. The molecule has 0 unspecified atom stereocenters. The predicted molar refractivity (Wildman–Crippen MR) is 56.4 cm³/mol. The van der Waals surface area contributed by atoms with Gasteiger partial charge in [0.05, 0.1) is 0 Å². The molecular formula is C12H8F2N2O. The highest BCUT2D eigenvalue weighted by atomic mass is 19.2. The number of hydrogen-bond donors (Lipinski definition) is 0. The van der Waals surface area contributed by atoms with Crippen LogP contribution in [0.15, 0.2) is 36.7 Å². The van der Waals surface area contributed by atoms with E-state index in [2.05, 4.69) is 9.97 Å². The van der Waals surface area contributed by atoms with Gasteiger partial charge >= 0.3 is 0 Å². The largest absolute Gasteiger partial charge is 0.290 e. The quantitative estimate of drug-likeness (QED) is 0.764. The van der Waals surface area contributed by atoms with Gasteiger partial charge in [-0.25, -0.2) is 18.7 Å². The summed E-state index contributed by atoms with van der Waals surface area (Å²) in [6, 6.07) is 4.94. The second-order valence-electron chi connectivity index (χ2n) is 3.42. The fraction of sp³-hybridized carbons (Fsp3) is 0.0833. The standard InChI is InChI=1S/C12H8F2N2O/c13-9-3-2-8(6-10(9)14)7-11(17)12-15-4-1-5-16-12/h1-6H,7H2. The van der Waals surface area contributed by atoms with Gasteiger partial charge in [0.2, 0.25) is 5.78 Å². The Hall–Kier alpha value is -2.17. The molecule has 86 valence electrons. The SMILES string of the molecule is O=C(Cc1ccc(F)c(F)c1)c1ncccn1. The van der Waals surface area contributed by atoms with Gasteiger partial charge in [-0.15, -0.1) is 0 Å². The van der Waals surface area contributed by atoms with Crippen LogP contribution in [0.5, 0.6) is 0 Å². The fourth-order valence-electron chi connectivity index (χ4n) is 1.36. The lowest BCUT2D eigenvalue weighted by Crippen LogP contribution is -2.08. The Morgan fingerprint density at radius 2 is 1.82 bits per heavy atom. The zero-order valence-electron chi connectivity index (χ0n) is 8.73. The van der Waals surface area contributed by atoms with Gasteiger partial charge < -0.3 is 0 Å². The number of aromatic nitrogens is 2. The first kappa shape index (κ1) is 11.3. The van der Waals surface area contributed by atoms with Crippen LogP contribution in [-0.2, 0) is 6.42 Å². The molecule has 0 spiro atoms. The number of rotatable bonds is 3. The molecule has 1 aromatic heterocycles. The maximum Gasteiger partial charge on any atom is 0.204 e. The first-order valence-corrected chi connectivity index (χ1v) is 4.91. The van der Waals surface area contributed by atoms with Crippen molar-refractivity contribution in [3.8, 4) is 0 Å². The summed E-state index contributed by atoms with van der Waals surface area (Å²) in [7, 11) is 0. The Balaban J connectivity index is 2.16. The van der Waals surface area contributed by atoms with Gasteiger partial charge in [0.15, 0.2) is 17.5 Å². The van der Waals surface area contributed by atoms with Crippen LogP contribution in [0, 0.1) is 11.6 Å². The smallest absolute Gasteiger partial charge is 0.204 e. The van der Waals surface area contributed by atoms with Crippen LogP contribution in [0.4, 0.5) is 8.78 Å². The Morgan fingerprint density at radius 3 is 2.47 bits per heavy atom. The number of halogens is 2. The van der Waals surface area contributed by atoms with E-state index in [0.717, 1.165) is 12.1 Å². The second kappa shape index (κ2) is 4.78. The third-order valence-corrected chi connectivity index (χ3v) is 2.16. The van der Waals surface area contributed by atoms with E-state index in [-0.39, 0.29) is 18.0 Å². The minimum atomic E-state index is -0.968. The molecule has 0 aliphatic heterocycles. The van der Waals surface area contributed by atoms with Gasteiger partial charge in [0.25, 0.3) is 0 Å². The van der Waals surface area contributed by atoms with Crippen LogP contribution in [0.25, 0.3) is 0 Å². The van der Waals surface area contributed by atoms with E-state index >= 15 is 0 Å². The first-order chi connectivity index (χ1) is 8.16. The highest BCUT2D eigenvalue weighted by Gasteiger charge is 2.11. The van der Waals surface area contributed by atoms with Crippen LogP contribution in [-0.4, -0.2) is 15.8 Å². The maximum atomic E-state index is 12.9. The third kappa shape index (κ3) is 2.69. The summed E-state index contributed by atoms with van der Waals surface area (Å²) < 4.78 is 25.6. The van der Waals surface area contributed by atoms with E-state index in [4.69, 9.17) is 0 Å². The van der Waals surface area contributed by atoms with Crippen molar-refractivity contribution in [2.75, 3.05) is 0 Å². The zero-order valence-corrected chi connectivity index (χ0v) is 8.73. The van der Waals surface area contributed by atoms with Gasteiger partial charge in [0.1, 0.15) is 0 Å². The average molecular weight is 234 g/mol. The van der Waals surface area contributed by atoms with Crippen molar-refractivity contribution in [2.45, 2.75) is 6.42 Å². The van der Waals surface area contributed by atoms with E-state index in [0.29, 0.717) is 5.56 Å². The summed E-state index contributed by atoms with van der Waals surface area (Å²) in [5, 5.41) is 0. The number of carbonyl (C=O) groups excluding carboxylic acids is 1. The maximum absolute atomic E-state index is 12.9. The number of nitrogens with zero attached hydrogens (tertiary/aromatic N) is 2. The topological polar surface area (TPSA) is 42.9 Å². The zero-order chi connectivity index (χ0) is 12.3. The summed E-state index contributed by atoms with van der Waals surface area (Å²) in [5.41, 5.74) is 0.390.